The Labute approximate surface area is 493 Å². The van der Waals surface area contributed by atoms with Crippen LogP contribution >= 0.6 is 0 Å². The molecule has 0 aliphatic rings. The smallest absolute Gasteiger partial charge is 0.282 e. The highest BCUT2D eigenvalue weighted by Crippen LogP contribution is 2.54. The second kappa shape index (κ2) is 38.2. The molecule has 85 heavy (non-hydrogen) atoms. The van der Waals surface area contributed by atoms with Crippen LogP contribution in [-0.4, -0.2) is 44.2 Å². The third kappa shape index (κ3) is 23.9. The van der Waals surface area contributed by atoms with Crippen LogP contribution in [0.25, 0.3) is 11.1 Å². The molecule has 2 aromatic carbocycles. The Kier molecular flexibility index (Phi) is 37.0. The summed E-state index contributed by atoms with van der Waals surface area (Å²) in [5, 5.41) is 6.57. The summed E-state index contributed by atoms with van der Waals surface area (Å²) >= 11 is -1.64. The van der Waals surface area contributed by atoms with Crippen LogP contribution in [0, 0.1) is 70.2 Å². The average Bonchev–Trinajstić information content (AvgIpc) is 0.860. The molecule has 0 bridgehead atoms. The van der Waals surface area contributed by atoms with Crippen molar-refractivity contribution in [3.8, 4) is 11.1 Å². The monoisotopic (exact) mass is 1290 g/mol. The molecule has 2 rings (SSSR count). The van der Waals surface area contributed by atoms with Gasteiger partial charge in [0.1, 0.15) is 18.6 Å². The first-order valence-corrected chi connectivity index (χ1v) is 34.0. The fraction of sp³-hybridized carbons (Fsp3) is 0.803. The predicted octanol–water partition coefficient (Wildman–Crippen LogP) is 24.0. The number of quaternary nitrogens is 1. The van der Waals surface area contributed by atoms with Gasteiger partial charge in [0, 0.05) is 12.0 Å². The maximum Gasteiger partial charge on any atom is 0.458 e. The van der Waals surface area contributed by atoms with Gasteiger partial charge in [0.05, 0.1) is 18.2 Å². The summed E-state index contributed by atoms with van der Waals surface area (Å²) in [7, 11) is 0.640. The first kappa shape index (κ1) is 82.4. The summed E-state index contributed by atoms with van der Waals surface area (Å²) < 4.78 is 291. The van der Waals surface area contributed by atoms with Crippen molar-refractivity contribution in [3.63, 3.8) is 0 Å². The maximum atomic E-state index is 13.9. The molecule has 0 fully saturated rings. The van der Waals surface area contributed by atoms with E-state index in [1.54, 1.807) is 46.8 Å². The van der Waals surface area contributed by atoms with Crippen LogP contribution in [0.3, 0.4) is 0 Å². The number of unbranched alkanes of at least 4 members (excludes halogenated alkanes) is 7. The normalized spacial score (nSPS) is 15.0. The van der Waals surface area contributed by atoms with Gasteiger partial charge in [-0.1, -0.05) is 210 Å². The zero-order chi connectivity index (χ0) is 66.0. The molecule has 0 saturated heterocycles. The topological polar surface area (TPSA) is 16.6 Å². The van der Waals surface area contributed by atoms with Crippen LogP contribution in [0.4, 0.5) is 96.6 Å². The number of hydrogen-bond acceptors (Lipinski definition) is 0. The summed E-state index contributed by atoms with van der Waals surface area (Å²) in [6, 6.07) is -4.79. The Morgan fingerprint density at radius 3 is 0.941 bits per heavy atom. The van der Waals surface area contributed by atoms with Crippen LogP contribution in [0.15, 0.2) is 0 Å². The Hall–Kier alpha value is -2.61. The van der Waals surface area contributed by atoms with E-state index in [-0.39, 0.29) is 11.7 Å². The third-order valence-electron chi connectivity index (χ3n) is 17.2. The molecular formula is C61H94AlF22N. The second-order valence-electron chi connectivity index (χ2n) is 23.3. The molecule has 0 aliphatic carbocycles. The first-order chi connectivity index (χ1) is 39.4. The van der Waals surface area contributed by atoms with Crippen molar-refractivity contribution >= 4 is 13.1 Å². The van der Waals surface area contributed by atoms with Gasteiger partial charge in [-0.15, -0.1) is 8.78 Å². The molecular weight excluding hydrogens is 1190 g/mol. The maximum absolute atomic E-state index is 13.9. The summed E-state index contributed by atoms with van der Waals surface area (Å²) in [4.78, 5) is 0. The fourth-order valence-electron chi connectivity index (χ4n) is 11.2. The summed E-state index contributed by atoms with van der Waals surface area (Å²) in [5.74, 6) is -40.1. The minimum Gasteiger partial charge on any atom is -0.282 e. The van der Waals surface area contributed by atoms with Crippen LogP contribution < -0.4 is 5.32 Å². The fourth-order valence-corrected chi connectivity index (χ4v) is 17.6. The highest BCUT2D eigenvalue weighted by atomic mass is 27.2. The summed E-state index contributed by atoms with van der Waals surface area (Å²) in [6.07, 6.45) is 15.9. The van der Waals surface area contributed by atoms with Gasteiger partial charge in [0.15, 0.2) is 40.7 Å². The van der Waals surface area contributed by atoms with Gasteiger partial charge in [0.25, 0.3) is 0 Å². The van der Waals surface area contributed by atoms with E-state index < -0.39 is 124 Å². The first-order valence-electron chi connectivity index (χ1n) is 30.8. The van der Waals surface area contributed by atoms with Gasteiger partial charge in [-0.3, -0.25) is 5.32 Å². The van der Waals surface area contributed by atoms with E-state index in [0.717, 1.165) is 30.1 Å². The van der Waals surface area contributed by atoms with Crippen molar-refractivity contribution in [2.75, 3.05) is 7.05 Å². The molecule has 0 amide bonds. The number of benzene rings is 2. The molecule has 0 spiro atoms. The molecule has 0 aromatic heterocycles. The molecule has 2 N–H and O–H groups in total. The summed E-state index contributed by atoms with van der Waals surface area (Å²) in [5.41, 5.74) is -14.2. The molecule has 0 heterocycles. The summed E-state index contributed by atoms with van der Waals surface area (Å²) in [6.45, 7) is 21.3. The SMILES string of the molecule is CCCCC(CC)C[CH2][Al-]([CH2]CC(CC)CCCC)([CH2]CC(CC)CCCC)[CH2]CC(CC)CCCC.CCCCCCC(F)(F)C(F)(F)C(F)(F)[NH2+]C.Fc1c(F)c(F)c(-c2c(C(F)(F)F)c(F)c(F)c(F)c2C(F)(F)C(F)(F)F)c(F)c1F. The lowest BCUT2D eigenvalue weighted by Crippen LogP contribution is -2.96. The lowest BCUT2D eigenvalue weighted by atomic mass is 9.88. The van der Waals surface area contributed by atoms with E-state index in [1.807, 2.05) is 6.92 Å². The van der Waals surface area contributed by atoms with Crippen LogP contribution in [0.2, 0.25) is 21.1 Å². The molecule has 24 heteroatoms. The Morgan fingerprint density at radius 1 is 0.353 bits per heavy atom. The van der Waals surface area contributed by atoms with Crippen molar-refractivity contribution in [2.24, 2.45) is 23.7 Å². The zero-order valence-corrected chi connectivity index (χ0v) is 52.4. The number of alkyl halides is 14. The number of nitrogens with two attached hydrogens (primary N) is 1. The van der Waals surface area contributed by atoms with Gasteiger partial charge < -0.3 is 0 Å². The Bertz CT molecular complexity index is 2080. The van der Waals surface area contributed by atoms with E-state index in [0.29, 0.717) is 19.9 Å². The zero-order valence-electron chi connectivity index (χ0n) is 51.3. The van der Waals surface area contributed by atoms with E-state index in [4.69, 9.17) is 0 Å². The molecule has 2 aromatic rings. The van der Waals surface area contributed by atoms with Crippen molar-refractivity contribution < 1.29 is 102 Å². The van der Waals surface area contributed by atoms with Crippen molar-refractivity contribution in [3.05, 3.63) is 57.7 Å². The third-order valence-corrected chi connectivity index (χ3v) is 23.5. The standard InChI is InChI=1S/C15F16.C10H17F6N.4C9H19.Al/c16-5-2(6(17)10(21)12(23)9(5)20)1-3(13(24,25)15(29,30)31)7(18)11(22)8(19)4(1)14(26,27)28;1-3-4-5-6-7-8(11,12)9(13,14)10(15,16)17-2;4*1-4-7-8-9(5-2)6-3;/h;17H,3-7H2,1-2H3;4*9H,2,4-8H2,1,3H3;/q;;;;;;-1/p+1. The number of hydrogen-bond donors (Lipinski definition) is 1. The van der Waals surface area contributed by atoms with E-state index in [1.165, 1.54) is 103 Å². The minimum absolute atomic E-state index is 0.184. The highest BCUT2D eigenvalue weighted by molar-refractivity contribution is 6.79. The molecule has 0 radical (unpaired) electrons. The lowest BCUT2D eigenvalue weighted by molar-refractivity contribution is -0.789. The quantitative estimate of drug-likeness (QED) is 0.0172. The second-order valence-corrected chi connectivity index (χ2v) is 29.1. The van der Waals surface area contributed by atoms with Gasteiger partial charge in [-0.05, 0) is 30.1 Å². The number of rotatable bonds is 38. The van der Waals surface area contributed by atoms with Crippen molar-refractivity contribution in [1.29, 1.82) is 0 Å². The Balaban J connectivity index is 0.00000133. The largest absolute Gasteiger partial charge is 0.458 e. The number of halogens is 22. The average molecular weight is 1290 g/mol. The van der Waals surface area contributed by atoms with E-state index >= 15 is 0 Å². The molecule has 4 atom stereocenters. The van der Waals surface area contributed by atoms with Gasteiger partial charge >= 0.3 is 36.2 Å². The van der Waals surface area contributed by atoms with Crippen LogP contribution in [0.1, 0.15) is 234 Å². The van der Waals surface area contributed by atoms with Gasteiger partial charge in [-0.2, -0.15) is 73.8 Å². The van der Waals surface area contributed by atoms with Crippen LogP contribution in [0.5, 0.6) is 0 Å². The molecule has 0 aliphatic heterocycles. The minimum atomic E-state index is -7.10. The molecule has 4 unspecified atom stereocenters. The van der Waals surface area contributed by atoms with Gasteiger partial charge in [-0.25, -0.2) is 35.1 Å². The molecule has 1 nitrogen and oxygen atoms in total. The lowest BCUT2D eigenvalue weighted by Gasteiger charge is -2.41. The van der Waals surface area contributed by atoms with Gasteiger partial charge in [0.2, 0.25) is 5.82 Å². The molecule has 0 saturated carbocycles. The van der Waals surface area contributed by atoms with E-state index in [9.17, 15) is 96.6 Å². The van der Waals surface area contributed by atoms with Crippen molar-refractivity contribution in [1.82, 2.24) is 0 Å². The predicted molar refractivity (Wildman–Crippen MR) is 295 cm³/mol. The van der Waals surface area contributed by atoms with Crippen molar-refractivity contribution in [2.45, 2.75) is 280 Å². The molecule has 500 valence electrons. The van der Waals surface area contributed by atoms with Crippen LogP contribution in [-0.2, 0) is 12.1 Å². The van der Waals surface area contributed by atoms with E-state index in [2.05, 4.69) is 55.4 Å². The Morgan fingerprint density at radius 2 is 0.659 bits per heavy atom. The highest BCUT2D eigenvalue weighted by Gasteiger charge is 2.74.